The number of hydrogen-bond donors (Lipinski definition) is 1. The summed E-state index contributed by atoms with van der Waals surface area (Å²) >= 11 is 0. The number of nitrogens with one attached hydrogen (secondary N) is 1. The zero-order valence-electron chi connectivity index (χ0n) is 10.1. The molecule has 0 atom stereocenters. The topological polar surface area (TPSA) is 110 Å². The van der Waals surface area contributed by atoms with Crippen molar-refractivity contribution in [3.05, 3.63) is 34.1 Å². The second-order valence-electron chi connectivity index (χ2n) is 4.06. The first-order valence-corrected chi connectivity index (χ1v) is 6.97. The van der Waals surface area contributed by atoms with Gasteiger partial charge in [0, 0.05) is 19.2 Å². The lowest BCUT2D eigenvalue weighted by molar-refractivity contribution is -0.387. The Morgan fingerprint density at radius 3 is 2.70 bits per heavy atom. The number of nitro benzene ring substituents is 1. The Kier molecular flexibility index (Phi) is 3.68. The van der Waals surface area contributed by atoms with Crippen molar-refractivity contribution in [3.63, 3.8) is 0 Å². The van der Waals surface area contributed by atoms with E-state index in [1.54, 1.807) is 0 Å². The fraction of sp³-hybridized carbons (Fsp3) is 0.300. The summed E-state index contributed by atoms with van der Waals surface area (Å²) in [4.78, 5) is 20.4. The van der Waals surface area contributed by atoms with Gasteiger partial charge in [-0.3, -0.25) is 14.9 Å². The third-order valence-electron chi connectivity index (χ3n) is 2.76. The Hall–Kier alpha value is -2.07. The highest BCUT2D eigenvalue weighted by Gasteiger charge is 2.31. The van der Waals surface area contributed by atoms with E-state index < -0.39 is 37.3 Å². The summed E-state index contributed by atoms with van der Waals surface area (Å²) in [5.74, 6) is -1.58. The van der Waals surface area contributed by atoms with E-state index in [-0.39, 0.29) is 19.6 Å². The molecule has 8 nitrogen and oxygen atoms in total. The molecule has 10 heteroatoms. The minimum absolute atomic E-state index is 0.0548. The Labute approximate surface area is 113 Å². The van der Waals surface area contributed by atoms with E-state index in [4.69, 9.17) is 0 Å². The molecule has 1 N–H and O–H groups in total. The number of halogens is 1. The SMILES string of the molecule is O=C1CN(S(=O)(=O)c2ccc(F)c([N+](=O)[O-])c2)CCN1. The van der Waals surface area contributed by atoms with Crippen LogP contribution in [0.3, 0.4) is 0 Å². The summed E-state index contributed by atoms with van der Waals surface area (Å²) in [6, 6.07) is 2.30. The maximum Gasteiger partial charge on any atom is 0.306 e. The van der Waals surface area contributed by atoms with Crippen LogP contribution < -0.4 is 5.32 Å². The molecular weight excluding hydrogens is 293 g/mol. The third-order valence-corrected chi connectivity index (χ3v) is 4.60. The van der Waals surface area contributed by atoms with E-state index in [0.29, 0.717) is 6.07 Å². The Bertz CT molecular complexity index is 675. The van der Waals surface area contributed by atoms with Crippen LogP contribution in [0.2, 0.25) is 0 Å². The fourth-order valence-electron chi connectivity index (χ4n) is 1.76. The number of carbonyl (C=O) groups is 1. The number of amides is 1. The minimum Gasteiger partial charge on any atom is -0.354 e. The lowest BCUT2D eigenvalue weighted by Crippen LogP contribution is -2.49. The van der Waals surface area contributed by atoms with Crippen LogP contribution >= 0.6 is 0 Å². The van der Waals surface area contributed by atoms with Crippen molar-refractivity contribution in [1.82, 2.24) is 9.62 Å². The molecule has 0 aromatic heterocycles. The van der Waals surface area contributed by atoms with Crippen LogP contribution in [0, 0.1) is 15.9 Å². The lowest BCUT2D eigenvalue weighted by Gasteiger charge is -2.25. The van der Waals surface area contributed by atoms with Crippen LogP contribution in [0.1, 0.15) is 0 Å². The van der Waals surface area contributed by atoms with E-state index in [1.165, 1.54) is 0 Å². The van der Waals surface area contributed by atoms with Gasteiger partial charge in [0.25, 0.3) is 0 Å². The molecule has 108 valence electrons. The molecule has 0 unspecified atom stereocenters. The average molecular weight is 303 g/mol. The van der Waals surface area contributed by atoms with Crippen molar-refractivity contribution < 1.29 is 22.5 Å². The van der Waals surface area contributed by atoms with E-state index in [0.717, 1.165) is 16.4 Å². The molecule has 0 saturated carbocycles. The molecule has 0 spiro atoms. The molecule has 1 aliphatic heterocycles. The van der Waals surface area contributed by atoms with Gasteiger partial charge in [-0.2, -0.15) is 8.70 Å². The normalized spacial score (nSPS) is 16.8. The number of nitrogens with zero attached hydrogens (tertiary/aromatic N) is 2. The van der Waals surface area contributed by atoms with Crippen LogP contribution in [-0.4, -0.2) is 43.2 Å². The predicted octanol–water partition coefficient (Wildman–Crippen LogP) is -0.146. The standard InChI is InChI=1S/C10H10FN3O5S/c11-8-2-1-7(5-9(8)14(16)17)20(18,19)13-4-3-12-10(15)6-13/h1-2,5H,3-4,6H2,(H,12,15). The Balaban J connectivity index is 2.41. The van der Waals surface area contributed by atoms with Gasteiger partial charge in [-0.25, -0.2) is 8.42 Å². The summed E-state index contributed by atoms with van der Waals surface area (Å²) in [7, 11) is -4.07. The Morgan fingerprint density at radius 2 is 2.10 bits per heavy atom. The van der Waals surface area contributed by atoms with Crippen molar-refractivity contribution in [2.24, 2.45) is 0 Å². The molecule has 20 heavy (non-hydrogen) atoms. The van der Waals surface area contributed by atoms with Gasteiger partial charge in [0.15, 0.2) is 0 Å². The number of carbonyl (C=O) groups excluding carboxylic acids is 1. The van der Waals surface area contributed by atoms with Crippen molar-refractivity contribution in [1.29, 1.82) is 0 Å². The van der Waals surface area contributed by atoms with Crippen LogP contribution in [0.15, 0.2) is 23.1 Å². The molecule has 1 saturated heterocycles. The molecule has 1 fully saturated rings. The molecular formula is C10H10FN3O5S. The van der Waals surface area contributed by atoms with Crippen LogP contribution in [0.5, 0.6) is 0 Å². The van der Waals surface area contributed by atoms with Crippen molar-refractivity contribution >= 4 is 21.6 Å². The van der Waals surface area contributed by atoms with E-state index in [9.17, 15) is 27.7 Å². The maximum atomic E-state index is 13.2. The van der Waals surface area contributed by atoms with Gasteiger partial charge in [-0.1, -0.05) is 0 Å². The first-order chi connectivity index (χ1) is 9.32. The third kappa shape index (κ3) is 2.60. The summed E-state index contributed by atoms with van der Waals surface area (Å²) in [5.41, 5.74) is -0.924. The van der Waals surface area contributed by atoms with Gasteiger partial charge < -0.3 is 5.32 Å². The number of sulfonamides is 1. The molecule has 1 aromatic carbocycles. The molecule has 0 bridgehead atoms. The van der Waals surface area contributed by atoms with Gasteiger partial charge in [-0.05, 0) is 12.1 Å². The first-order valence-electron chi connectivity index (χ1n) is 5.53. The minimum atomic E-state index is -4.07. The average Bonchev–Trinajstić information content (AvgIpc) is 2.38. The van der Waals surface area contributed by atoms with Gasteiger partial charge in [0.2, 0.25) is 21.7 Å². The molecule has 1 amide bonds. The van der Waals surface area contributed by atoms with Gasteiger partial charge in [0.1, 0.15) is 0 Å². The number of nitro groups is 1. The number of benzene rings is 1. The molecule has 1 heterocycles. The second-order valence-corrected chi connectivity index (χ2v) is 6.00. The zero-order chi connectivity index (χ0) is 14.9. The van der Waals surface area contributed by atoms with Crippen molar-refractivity contribution in [2.75, 3.05) is 19.6 Å². The lowest BCUT2D eigenvalue weighted by atomic mass is 10.3. The molecule has 1 aromatic rings. The predicted molar refractivity (Wildman–Crippen MR) is 64.8 cm³/mol. The highest BCUT2D eigenvalue weighted by atomic mass is 32.2. The van der Waals surface area contributed by atoms with E-state index in [1.807, 2.05) is 0 Å². The monoisotopic (exact) mass is 303 g/mol. The smallest absolute Gasteiger partial charge is 0.306 e. The van der Waals surface area contributed by atoms with Crippen molar-refractivity contribution in [2.45, 2.75) is 4.90 Å². The summed E-state index contributed by atoms with van der Waals surface area (Å²) in [5, 5.41) is 13.1. The van der Waals surface area contributed by atoms with Gasteiger partial charge in [0.05, 0.1) is 16.4 Å². The maximum absolute atomic E-state index is 13.2. The van der Waals surface area contributed by atoms with Gasteiger partial charge >= 0.3 is 5.69 Å². The molecule has 0 aliphatic carbocycles. The van der Waals surface area contributed by atoms with Crippen molar-refractivity contribution in [3.8, 4) is 0 Å². The van der Waals surface area contributed by atoms with E-state index >= 15 is 0 Å². The van der Waals surface area contributed by atoms with Crippen LogP contribution in [0.25, 0.3) is 0 Å². The number of piperazine rings is 1. The highest BCUT2D eigenvalue weighted by Crippen LogP contribution is 2.24. The zero-order valence-corrected chi connectivity index (χ0v) is 10.9. The number of hydrogen-bond acceptors (Lipinski definition) is 5. The summed E-state index contributed by atoms with van der Waals surface area (Å²) in [6.45, 7) is -0.159. The molecule has 1 aliphatic rings. The number of rotatable bonds is 3. The highest BCUT2D eigenvalue weighted by molar-refractivity contribution is 7.89. The Morgan fingerprint density at radius 1 is 1.40 bits per heavy atom. The molecule has 0 radical (unpaired) electrons. The van der Waals surface area contributed by atoms with Gasteiger partial charge in [-0.15, -0.1) is 0 Å². The largest absolute Gasteiger partial charge is 0.354 e. The molecule has 2 rings (SSSR count). The first kappa shape index (κ1) is 14.3. The summed E-state index contributed by atoms with van der Waals surface area (Å²) < 4.78 is 38.5. The second kappa shape index (κ2) is 5.13. The quantitative estimate of drug-likeness (QED) is 0.617. The van der Waals surface area contributed by atoms with Crippen LogP contribution in [-0.2, 0) is 14.8 Å². The van der Waals surface area contributed by atoms with Crippen LogP contribution in [0.4, 0.5) is 10.1 Å². The fourth-order valence-corrected chi connectivity index (χ4v) is 3.18. The van der Waals surface area contributed by atoms with E-state index in [2.05, 4.69) is 5.32 Å². The summed E-state index contributed by atoms with van der Waals surface area (Å²) in [6.07, 6.45) is 0.